The van der Waals surface area contributed by atoms with Gasteiger partial charge in [0.25, 0.3) is 5.91 Å². The van der Waals surface area contributed by atoms with E-state index in [4.69, 9.17) is 4.74 Å². The number of nitrogens with one attached hydrogen (secondary N) is 2. The minimum atomic E-state index is -1.18. The molecule has 10 nitrogen and oxygen atoms in total. The van der Waals surface area contributed by atoms with E-state index in [1.165, 1.54) is 0 Å². The minimum absolute atomic E-state index is 0.0373. The molecule has 10 heteroatoms. The summed E-state index contributed by atoms with van der Waals surface area (Å²) in [6, 6.07) is 14.8. The van der Waals surface area contributed by atoms with E-state index >= 15 is 0 Å². The fraction of sp³-hybridized carbons (Fsp3) is 0.292. The molecule has 0 spiro atoms. The first kappa shape index (κ1) is 23.0. The second-order valence-electron chi connectivity index (χ2n) is 8.41. The Bertz CT molecular complexity index is 1180. The Morgan fingerprint density at radius 1 is 1.03 bits per heavy atom. The van der Waals surface area contributed by atoms with Crippen LogP contribution < -0.4 is 10.6 Å². The van der Waals surface area contributed by atoms with E-state index in [0.717, 1.165) is 22.3 Å². The molecule has 2 aromatic carbocycles. The first-order chi connectivity index (χ1) is 16.3. The zero-order valence-corrected chi connectivity index (χ0v) is 18.6. The van der Waals surface area contributed by atoms with Crippen molar-refractivity contribution in [3.8, 4) is 11.1 Å². The summed E-state index contributed by atoms with van der Waals surface area (Å²) in [5.74, 6) is -2.37. The third-order valence-electron chi connectivity index (χ3n) is 5.58. The SMILES string of the molecule is CC(C)CC(NC(=O)c1nonc1NC(=O)OCC1c2ccccc2-c2ccccc21)C(=O)O. The molecule has 0 bridgehead atoms. The lowest BCUT2D eigenvalue weighted by Crippen LogP contribution is -2.42. The van der Waals surface area contributed by atoms with Crippen LogP contribution in [0, 0.1) is 5.92 Å². The van der Waals surface area contributed by atoms with Gasteiger partial charge in [0, 0.05) is 5.92 Å². The molecule has 3 aromatic rings. The van der Waals surface area contributed by atoms with Gasteiger partial charge in [0.1, 0.15) is 12.6 Å². The zero-order valence-electron chi connectivity index (χ0n) is 18.6. The predicted molar refractivity (Wildman–Crippen MR) is 121 cm³/mol. The summed E-state index contributed by atoms with van der Waals surface area (Å²) >= 11 is 0. The summed E-state index contributed by atoms with van der Waals surface area (Å²) in [7, 11) is 0. The highest BCUT2D eigenvalue weighted by Gasteiger charge is 2.30. The lowest BCUT2D eigenvalue weighted by Gasteiger charge is -2.16. The number of carboxylic acid groups (broad SMARTS) is 1. The van der Waals surface area contributed by atoms with Crippen LogP contribution in [0.5, 0.6) is 0 Å². The van der Waals surface area contributed by atoms with Crippen LogP contribution in [0.4, 0.5) is 10.6 Å². The Kier molecular flexibility index (Phi) is 6.58. The number of aromatic nitrogens is 2. The molecule has 1 atom stereocenters. The number of fused-ring (bicyclic) bond motifs is 3. The number of rotatable bonds is 8. The number of benzene rings is 2. The highest BCUT2D eigenvalue weighted by molar-refractivity contribution is 6.01. The Hall–Kier alpha value is -4.21. The summed E-state index contributed by atoms with van der Waals surface area (Å²) < 4.78 is 10.0. The summed E-state index contributed by atoms with van der Waals surface area (Å²) in [4.78, 5) is 36.4. The van der Waals surface area contributed by atoms with Crippen LogP contribution in [0.3, 0.4) is 0 Å². The van der Waals surface area contributed by atoms with Gasteiger partial charge < -0.3 is 15.2 Å². The second kappa shape index (κ2) is 9.74. The van der Waals surface area contributed by atoms with Gasteiger partial charge in [-0.15, -0.1) is 0 Å². The number of carbonyl (C=O) groups is 3. The molecule has 1 aliphatic rings. The van der Waals surface area contributed by atoms with Gasteiger partial charge in [-0.05, 0) is 44.9 Å². The maximum Gasteiger partial charge on any atom is 0.412 e. The molecule has 0 saturated carbocycles. The van der Waals surface area contributed by atoms with Crippen LogP contribution >= 0.6 is 0 Å². The average Bonchev–Trinajstić information content (AvgIpc) is 3.39. The van der Waals surface area contributed by atoms with Crippen molar-refractivity contribution in [2.75, 3.05) is 11.9 Å². The number of aliphatic carboxylic acids is 1. The van der Waals surface area contributed by atoms with Gasteiger partial charge >= 0.3 is 12.1 Å². The number of hydrogen-bond acceptors (Lipinski definition) is 7. The third-order valence-corrected chi connectivity index (χ3v) is 5.58. The number of anilines is 1. The van der Waals surface area contributed by atoms with Gasteiger partial charge in [-0.3, -0.25) is 10.1 Å². The normalized spacial score (nSPS) is 13.1. The number of carboxylic acids is 1. The van der Waals surface area contributed by atoms with Gasteiger partial charge in [-0.2, -0.15) is 0 Å². The van der Waals surface area contributed by atoms with E-state index in [1.54, 1.807) is 0 Å². The molecule has 1 unspecified atom stereocenters. The van der Waals surface area contributed by atoms with E-state index in [2.05, 4.69) is 25.6 Å². The van der Waals surface area contributed by atoms with Crippen molar-refractivity contribution in [3.63, 3.8) is 0 Å². The molecule has 1 heterocycles. The Balaban J connectivity index is 1.41. The van der Waals surface area contributed by atoms with Crippen LogP contribution in [-0.4, -0.2) is 46.0 Å². The number of ether oxygens (including phenoxy) is 1. The summed E-state index contributed by atoms with van der Waals surface area (Å²) in [5, 5.41) is 21.1. The molecule has 0 fully saturated rings. The van der Waals surface area contributed by atoms with Crippen LogP contribution in [0.15, 0.2) is 53.2 Å². The molecule has 2 amide bonds. The van der Waals surface area contributed by atoms with E-state index in [9.17, 15) is 19.5 Å². The second-order valence-corrected chi connectivity index (χ2v) is 8.41. The predicted octanol–water partition coefficient (Wildman–Crippen LogP) is 3.66. The molecule has 3 N–H and O–H groups in total. The molecule has 1 aromatic heterocycles. The quantitative estimate of drug-likeness (QED) is 0.458. The van der Waals surface area contributed by atoms with Crippen molar-refractivity contribution in [3.05, 3.63) is 65.4 Å². The van der Waals surface area contributed by atoms with Crippen molar-refractivity contribution in [2.45, 2.75) is 32.2 Å². The number of nitrogens with zero attached hydrogens (tertiary/aromatic N) is 2. The standard InChI is InChI=1S/C24H24N4O6/c1-13(2)11-19(23(30)31)25-22(29)20-21(28-34-27-20)26-24(32)33-12-18-16-9-5-3-7-14(16)15-8-4-6-10-17(15)18/h3-10,13,18-19H,11-12H2,1-2H3,(H,25,29)(H,30,31)(H,26,28,32). The van der Waals surface area contributed by atoms with E-state index in [0.29, 0.717) is 0 Å². The van der Waals surface area contributed by atoms with Gasteiger partial charge in [0.15, 0.2) is 0 Å². The Labute approximate surface area is 195 Å². The minimum Gasteiger partial charge on any atom is -0.480 e. The summed E-state index contributed by atoms with van der Waals surface area (Å²) in [5.41, 5.74) is 3.97. The summed E-state index contributed by atoms with van der Waals surface area (Å²) in [6.45, 7) is 3.75. The van der Waals surface area contributed by atoms with Gasteiger partial charge in [0.05, 0.1) is 0 Å². The molecule has 1 aliphatic carbocycles. The van der Waals surface area contributed by atoms with Gasteiger partial charge in [-0.25, -0.2) is 14.2 Å². The maximum absolute atomic E-state index is 12.5. The third kappa shape index (κ3) is 4.75. The lowest BCUT2D eigenvalue weighted by molar-refractivity contribution is -0.139. The molecule has 0 radical (unpaired) electrons. The van der Waals surface area contributed by atoms with Crippen molar-refractivity contribution in [1.29, 1.82) is 0 Å². The van der Waals surface area contributed by atoms with Crippen LogP contribution in [0.2, 0.25) is 0 Å². The largest absolute Gasteiger partial charge is 0.480 e. The topological polar surface area (TPSA) is 144 Å². The first-order valence-electron chi connectivity index (χ1n) is 10.8. The van der Waals surface area contributed by atoms with Crippen molar-refractivity contribution < 1.29 is 28.9 Å². The monoisotopic (exact) mass is 464 g/mol. The molecule has 0 aliphatic heterocycles. The van der Waals surface area contributed by atoms with Crippen molar-refractivity contribution >= 4 is 23.8 Å². The van der Waals surface area contributed by atoms with Crippen LogP contribution in [-0.2, 0) is 9.53 Å². The highest BCUT2D eigenvalue weighted by atomic mass is 16.6. The molecular formula is C24H24N4O6. The molecule has 176 valence electrons. The van der Waals surface area contributed by atoms with E-state index in [1.807, 2.05) is 62.4 Å². The van der Waals surface area contributed by atoms with E-state index < -0.39 is 24.0 Å². The molecule has 0 saturated heterocycles. The average molecular weight is 464 g/mol. The van der Waals surface area contributed by atoms with Gasteiger partial charge in [0.2, 0.25) is 11.5 Å². The Morgan fingerprint density at radius 3 is 2.24 bits per heavy atom. The van der Waals surface area contributed by atoms with Crippen LogP contribution in [0.1, 0.15) is 47.8 Å². The summed E-state index contributed by atoms with van der Waals surface area (Å²) in [6.07, 6.45) is -0.620. The highest BCUT2D eigenvalue weighted by Crippen LogP contribution is 2.44. The fourth-order valence-electron chi connectivity index (χ4n) is 4.07. The molecular weight excluding hydrogens is 440 g/mol. The number of amides is 2. The van der Waals surface area contributed by atoms with Crippen molar-refractivity contribution in [2.24, 2.45) is 5.92 Å². The number of carbonyl (C=O) groups excluding carboxylic acids is 2. The van der Waals surface area contributed by atoms with E-state index in [-0.39, 0.29) is 36.4 Å². The zero-order chi connectivity index (χ0) is 24.2. The lowest BCUT2D eigenvalue weighted by atomic mass is 9.98. The fourth-order valence-corrected chi connectivity index (χ4v) is 4.07. The van der Waals surface area contributed by atoms with Gasteiger partial charge in [-0.1, -0.05) is 62.4 Å². The maximum atomic E-state index is 12.5. The smallest absolute Gasteiger partial charge is 0.412 e. The number of hydrogen-bond donors (Lipinski definition) is 3. The van der Waals surface area contributed by atoms with Crippen LogP contribution in [0.25, 0.3) is 11.1 Å². The Morgan fingerprint density at radius 2 is 1.65 bits per heavy atom. The first-order valence-corrected chi connectivity index (χ1v) is 10.8. The molecule has 34 heavy (non-hydrogen) atoms. The molecule has 4 rings (SSSR count). The van der Waals surface area contributed by atoms with Crippen molar-refractivity contribution in [1.82, 2.24) is 15.6 Å².